The van der Waals surface area contributed by atoms with E-state index in [0.29, 0.717) is 12.1 Å². The van der Waals surface area contributed by atoms with Crippen molar-refractivity contribution in [3.8, 4) is 0 Å². The van der Waals surface area contributed by atoms with Crippen LogP contribution in [0.1, 0.15) is 21.5 Å². The van der Waals surface area contributed by atoms with Gasteiger partial charge in [-0.15, -0.1) is 0 Å². The Hall–Kier alpha value is -1.61. The average molecular weight is 304 g/mol. The molecule has 2 nitrogen and oxygen atoms in total. The molecule has 0 aliphatic carbocycles. The molecule has 0 bridgehead atoms. The fraction of sp³-hybridized carbons (Fsp3) is 0.133. The first kappa shape index (κ1) is 12.8. The number of rotatable bonds is 4. The standard InChI is InChI=1S/C15H14BrNO/c16-10-12-6-8-13(9-7-12)11-17-15(18)14-4-2-1-3-5-14/h1-9H,10-11H2,(H,17,18). The summed E-state index contributed by atoms with van der Waals surface area (Å²) in [5.41, 5.74) is 3.02. The first-order chi connectivity index (χ1) is 8.79. The zero-order valence-corrected chi connectivity index (χ0v) is 11.5. The Labute approximate surface area is 115 Å². The summed E-state index contributed by atoms with van der Waals surface area (Å²) in [6.45, 7) is 0.552. The van der Waals surface area contributed by atoms with Gasteiger partial charge in [0.05, 0.1) is 0 Å². The van der Waals surface area contributed by atoms with Crippen LogP contribution in [0.2, 0.25) is 0 Å². The van der Waals surface area contributed by atoms with Gasteiger partial charge in [0, 0.05) is 17.4 Å². The molecule has 3 heteroatoms. The second-order valence-electron chi connectivity index (χ2n) is 4.00. The van der Waals surface area contributed by atoms with E-state index in [0.717, 1.165) is 10.9 Å². The van der Waals surface area contributed by atoms with E-state index in [9.17, 15) is 4.79 Å². The Morgan fingerprint density at radius 1 is 0.944 bits per heavy atom. The van der Waals surface area contributed by atoms with E-state index in [1.165, 1.54) is 5.56 Å². The molecular formula is C15H14BrNO. The van der Waals surface area contributed by atoms with Gasteiger partial charge in [-0.2, -0.15) is 0 Å². The Bertz CT molecular complexity index is 508. The lowest BCUT2D eigenvalue weighted by Crippen LogP contribution is -2.22. The highest BCUT2D eigenvalue weighted by atomic mass is 79.9. The smallest absolute Gasteiger partial charge is 0.251 e. The number of hydrogen-bond donors (Lipinski definition) is 1. The summed E-state index contributed by atoms with van der Waals surface area (Å²) in [5, 5.41) is 3.75. The van der Waals surface area contributed by atoms with E-state index in [4.69, 9.17) is 0 Å². The summed E-state index contributed by atoms with van der Waals surface area (Å²) in [6, 6.07) is 17.4. The van der Waals surface area contributed by atoms with Gasteiger partial charge >= 0.3 is 0 Å². The van der Waals surface area contributed by atoms with Crippen LogP contribution in [0.3, 0.4) is 0 Å². The van der Waals surface area contributed by atoms with Crippen molar-refractivity contribution < 1.29 is 4.79 Å². The SMILES string of the molecule is O=C(NCc1ccc(CBr)cc1)c1ccccc1. The van der Waals surface area contributed by atoms with Crippen molar-refractivity contribution in [2.75, 3.05) is 0 Å². The molecule has 0 spiro atoms. The predicted octanol–water partition coefficient (Wildman–Crippen LogP) is 3.51. The molecule has 0 aromatic heterocycles. The molecule has 92 valence electrons. The maximum atomic E-state index is 11.8. The summed E-state index contributed by atoms with van der Waals surface area (Å²) in [4.78, 5) is 11.8. The second kappa shape index (κ2) is 6.36. The molecule has 1 N–H and O–H groups in total. The van der Waals surface area contributed by atoms with Crippen molar-refractivity contribution in [2.45, 2.75) is 11.9 Å². The van der Waals surface area contributed by atoms with Gasteiger partial charge in [-0.1, -0.05) is 58.4 Å². The molecule has 0 fully saturated rings. The van der Waals surface area contributed by atoms with Crippen LogP contribution in [-0.4, -0.2) is 5.91 Å². The van der Waals surface area contributed by atoms with Crippen molar-refractivity contribution in [3.63, 3.8) is 0 Å². The summed E-state index contributed by atoms with van der Waals surface area (Å²) in [6.07, 6.45) is 0. The number of hydrogen-bond acceptors (Lipinski definition) is 1. The minimum Gasteiger partial charge on any atom is -0.348 e. The minimum absolute atomic E-state index is 0.0415. The van der Waals surface area contributed by atoms with Gasteiger partial charge < -0.3 is 5.32 Å². The van der Waals surface area contributed by atoms with Gasteiger partial charge in [-0.05, 0) is 23.3 Å². The molecule has 18 heavy (non-hydrogen) atoms. The number of amides is 1. The third-order valence-electron chi connectivity index (χ3n) is 2.67. The fourth-order valence-corrected chi connectivity index (χ4v) is 1.99. The largest absolute Gasteiger partial charge is 0.348 e. The Morgan fingerprint density at radius 2 is 1.56 bits per heavy atom. The van der Waals surface area contributed by atoms with Crippen LogP contribution in [0.5, 0.6) is 0 Å². The second-order valence-corrected chi connectivity index (χ2v) is 4.56. The van der Waals surface area contributed by atoms with Gasteiger partial charge in [0.2, 0.25) is 0 Å². The molecule has 0 saturated carbocycles. The summed E-state index contributed by atoms with van der Waals surface area (Å²) in [5.74, 6) is -0.0415. The first-order valence-corrected chi connectivity index (χ1v) is 6.89. The van der Waals surface area contributed by atoms with Crippen molar-refractivity contribution in [3.05, 3.63) is 71.3 Å². The predicted molar refractivity (Wildman–Crippen MR) is 76.7 cm³/mol. The van der Waals surface area contributed by atoms with Crippen molar-refractivity contribution in [2.24, 2.45) is 0 Å². The molecule has 2 aromatic carbocycles. The normalized spacial score (nSPS) is 10.1. The van der Waals surface area contributed by atoms with Gasteiger partial charge in [-0.25, -0.2) is 0 Å². The average Bonchev–Trinajstić information content (AvgIpc) is 2.46. The minimum atomic E-state index is -0.0415. The number of carbonyl (C=O) groups is 1. The number of alkyl halides is 1. The monoisotopic (exact) mass is 303 g/mol. The lowest BCUT2D eigenvalue weighted by atomic mass is 10.1. The van der Waals surface area contributed by atoms with Crippen LogP contribution in [0.25, 0.3) is 0 Å². The summed E-state index contributed by atoms with van der Waals surface area (Å²) < 4.78 is 0. The van der Waals surface area contributed by atoms with Gasteiger partial charge in [0.25, 0.3) is 5.91 Å². The zero-order chi connectivity index (χ0) is 12.8. The lowest BCUT2D eigenvalue weighted by Gasteiger charge is -2.06. The van der Waals surface area contributed by atoms with Crippen LogP contribution in [0.4, 0.5) is 0 Å². The van der Waals surface area contributed by atoms with E-state index < -0.39 is 0 Å². The van der Waals surface area contributed by atoms with Crippen molar-refractivity contribution in [1.82, 2.24) is 5.32 Å². The molecular weight excluding hydrogens is 290 g/mol. The van der Waals surface area contributed by atoms with Crippen LogP contribution in [-0.2, 0) is 11.9 Å². The van der Waals surface area contributed by atoms with Crippen LogP contribution in [0, 0.1) is 0 Å². The van der Waals surface area contributed by atoms with Gasteiger partial charge in [-0.3, -0.25) is 4.79 Å². The zero-order valence-electron chi connectivity index (χ0n) is 9.90. The molecule has 0 heterocycles. The molecule has 2 aromatic rings. The Kier molecular flexibility index (Phi) is 4.53. The number of benzene rings is 2. The highest BCUT2D eigenvalue weighted by Gasteiger charge is 2.03. The lowest BCUT2D eigenvalue weighted by molar-refractivity contribution is 0.0951. The third-order valence-corrected chi connectivity index (χ3v) is 3.31. The Morgan fingerprint density at radius 3 is 2.17 bits per heavy atom. The fourth-order valence-electron chi connectivity index (χ4n) is 1.62. The maximum absolute atomic E-state index is 11.8. The quantitative estimate of drug-likeness (QED) is 0.861. The van der Waals surface area contributed by atoms with E-state index in [1.807, 2.05) is 42.5 Å². The molecule has 0 unspecified atom stereocenters. The van der Waals surface area contributed by atoms with Crippen LogP contribution >= 0.6 is 15.9 Å². The van der Waals surface area contributed by atoms with E-state index in [-0.39, 0.29) is 5.91 Å². The molecule has 0 saturated heterocycles. The maximum Gasteiger partial charge on any atom is 0.251 e. The highest BCUT2D eigenvalue weighted by Crippen LogP contribution is 2.08. The van der Waals surface area contributed by atoms with Crippen LogP contribution < -0.4 is 5.32 Å². The van der Waals surface area contributed by atoms with Gasteiger partial charge in [0.1, 0.15) is 0 Å². The van der Waals surface area contributed by atoms with E-state index in [2.05, 4.69) is 33.4 Å². The number of nitrogens with one attached hydrogen (secondary N) is 1. The topological polar surface area (TPSA) is 29.1 Å². The molecule has 0 aliphatic heterocycles. The van der Waals surface area contributed by atoms with Gasteiger partial charge in [0.15, 0.2) is 0 Å². The first-order valence-electron chi connectivity index (χ1n) is 5.76. The third kappa shape index (κ3) is 3.44. The number of carbonyl (C=O) groups excluding carboxylic acids is 1. The molecule has 0 aliphatic rings. The summed E-state index contributed by atoms with van der Waals surface area (Å²) in [7, 11) is 0. The van der Waals surface area contributed by atoms with Crippen molar-refractivity contribution in [1.29, 1.82) is 0 Å². The van der Waals surface area contributed by atoms with Crippen molar-refractivity contribution >= 4 is 21.8 Å². The number of halogens is 1. The Balaban J connectivity index is 1.93. The summed E-state index contributed by atoms with van der Waals surface area (Å²) >= 11 is 3.41. The molecule has 0 atom stereocenters. The highest BCUT2D eigenvalue weighted by molar-refractivity contribution is 9.08. The molecule has 2 rings (SSSR count). The van der Waals surface area contributed by atoms with Crippen LogP contribution in [0.15, 0.2) is 54.6 Å². The van der Waals surface area contributed by atoms with E-state index >= 15 is 0 Å². The molecule has 0 radical (unpaired) electrons. The van der Waals surface area contributed by atoms with E-state index in [1.54, 1.807) is 0 Å². The molecule has 1 amide bonds.